The van der Waals surface area contributed by atoms with Crippen molar-refractivity contribution in [1.82, 2.24) is 5.32 Å². The van der Waals surface area contributed by atoms with E-state index >= 15 is 0 Å². The van der Waals surface area contributed by atoms with Crippen LogP contribution in [0.15, 0.2) is 48.5 Å². The molecule has 0 saturated heterocycles. The van der Waals surface area contributed by atoms with Crippen LogP contribution in [-0.2, 0) is 11.2 Å². The van der Waals surface area contributed by atoms with Gasteiger partial charge in [-0.2, -0.15) is 0 Å². The van der Waals surface area contributed by atoms with E-state index in [4.69, 9.17) is 9.47 Å². The first kappa shape index (κ1) is 17.5. The minimum atomic E-state index is -0.263. The molecule has 24 heavy (non-hydrogen) atoms. The van der Waals surface area contributed by atoms with Crippen LogP contribution >= 0.6 is 0 Å². The van der Waals surface area contributed by atoms with Gasteiger partial charge in [-0.05, 0) is 47.9 Å². The van der Waals surface area contributed by atoms with E-state index < -0.39 is 0 Å². The molecule has 0 radical (unpaired) electrons. The molecule has 2 aromatic carbocycles. The molecule has 0 saturated carbocycles. The first-order chi connectivity index (χ1) is 11.6. The zero-order chi connectivity index (χ0) is 17.4. The summed E-state index contributed by atoms with van der Waals surface area (Å²) in [5.41, 5.74) is 1.81. The van der Waals surface area contributed by atoms with Gasteiger partial charge in [0, 0.05) is 12.6 Å². The number of halogens is 1. The van der Waals surface area contributed by atoms with Crippen molar-refractivity contribution in [3.8, 4) is 11.5 Å². The summed E-state index contributed by atoms with van der Waals surface area (Å²) in [6.07, 6.45) is 3.82. The van der Waals surface area contributed by atoms with Crippen LogP contribution in [0.5, 0.6) is 11.5 Å². The second-order valence-corrected chi connectivity index (χ2v) is 5.12. The normalized spacial score (nSPS) is 10.6. The summed E-state index contributed by atoms with van der Waals surface area (Å²) in [4.78, 5) is 11.8. The number of hydrogen-bond donors (Lipinski definition) is 1. The van der Waals surface area contributed by atoms with Crippen LogP contribution in [0.25, 0.3) is 6.08 Å². The third kappa shape index (κ3) is 5.12. The molecule has 5 heteroatoms. The number of nitrogens with one attached hydrogen (secondary N) is 1. The molecule has 0 aliphatic carbocycles. The van der Waals surface area contributed by atoms with Crippen molar-refractivity contribution in [2.24, 2.45) is 0 Å². The highest BCUT2D eigenvalue weighted by Gasteiger charge is 2.03. The SMILES string of the molecule is COc1ccc(C=CC(=O)NCCc2ccc(F)cc2)cc1OC. The Bertz CT molecular complexity index is 711. The van der Waals surface area contributed by atoms with E-state index in [1.54, 1.807) is 44.6 Å². The number of carbonyl (C=O) groups excluding carboxylic acids is 1. The molecule has 2 aromatic rings. The van der Waals surface area contributed by atoms with Gasteiger partial charge < -0.3 is 14.8 Å². The van der Waals surface area contributed by atoms with Crippen molar-refractivity contribution >= 4 is 12.0 Å². The predicted octanol–water partition coefficient (Wildman–Crippen LogP) is 3.22. The van der Waals surface area contributed by atoms with Gasteiger partial charge in [-0.15, -0.1) is 0 Å². The molecule has 0 fully saturated rings. The Morgan fingerprint density at radius 1 is 1.08 bits per heavy atom. The van der Waals surface area contributed by atoms with E-state index in [0.29, 0.717) is 24.5 Å². The van der Waals surface area contributed by atoms with Crippen LogP contribution in [0.2, 0.25) is 0 Å². The van der Waals surface area contributed by atoms with Crippen molar-refractivity contribution in [3.05, 3.63) is 65.5 Å². The molecular weight excluding hydrogens is 309 g/mol. The van der Waals surface area contributed by atoms with Crippen LogP contribution in [0.4, 0.5) is 4.39 Å². The Kier molecular flexibility index (Phi) is 6.37. The smallest absolute Gasteiger partial charge is 0.244 e. The molecule has 0 atom stereocenters. The van der Waals surface area contributed by atoms with Crippen LogP contribution in [0, 0.1) is 5.82 Å². The van der Waals surface area contributed by atoms with Gasteiger partial charge in [-0.3, -0.25) is 4.79 Å². The van der Waals surface area contributed by atoms with Gasteiger partial charge in [0.1, 0.15) is 5.82 Å². The molecule has 4 nitrogen and oxygen atoms in total. The zero-order valence-electron chi connectivity index (χ0n) is 13.7. The minimum absolute atomic E-state index is 0.188. The first-order valence-corrected chi connectivity index (χ1v) is 7.55. The van der Waals surface area contributed by atoms with Crippen LogP contribution in [0.1, 0.15) is 11.1 Å². The Hall–Kier alpha value is -2.82. The number of methoxy groups -OCH3 is 2. The molecule has 0 heterocycles. The molecule has 0 spiro atoms. The Balaban J connectivity index is 1.85. The first-order valence-electron chi connectivity index (χ1n) is 7.55. The third-order valence-electron chi connectivity index (χ3n) is 3.46. The highest BCUT2D eigenvalue weighted by Crippen LogP contribution is 2.27. The van der Waals surface area contributed by atoms with Crippen molar-refractivity contribution < 1.29 is 18.7 Å². The summed E-state index contributed by atoms with van der Waals surface area (Å²) in [5.74, 6) is 0.794. The summed E-state index contributed by atoms with van der Waals surface area (Å²) in [5, 5.41) is 2.79. The van der Waals surface area contributed by atoms with E-state index in [0.717, 1.165) is 11.1 Å². The molecule has 1 N–H and O–H groups in total. The maximum absolute atomic E-state index is 12.8. The molecule has 0 aliphatic heterocycles. The summed E-state index contributed by atoms with van der Waals surface area (Å²) in [6.45, 7) is 0.487. The summed E-state index contributed by atoms with van der Waals surface area (Å²) in [6, 6.07) is 11.7. The van der Waals surface area contributed by atoms with Crippen molar-refractivity contribution in [3.63, 3.8) is 0 Å². The van der Waals surface area contributed by atoms with Gasteiger partial charge in [0.2, 0.25) is 5.91 Å². The molecule has 0 bridgehead atoms. The average molecular weight is 329 g/mol. The number of benzene rings is 2. The van der Waals surface area contributed by atoms with Crippen LogP contribution in [0.3, 0.4) is 0 Å². The van der Waals surface area contributed by atoms with Crippen LogP contribution in [-0.4, -0.2) is 26.7 Å². The van der Waals surface area contributed by atoms with E-state index in [1.165, 1.54) is 18.2 Å². The highest BCUT2D eigenvalue weighted by atomic mass is 19.1. The molecule has 0 aliphatic rings. The van der Waals surface area contributed by atoms with E-state index in [-0.39, 0.29) is 11.7 Å². The van der Waals surface area contributed by atoms with Gasteiger partial charge in [0.05, 0.1) is 14.2 Å². The molecule has 126 valence electrons. The lowest BCUT2D eigenvalue weighted by Crippen LogP contribution is -2.23. The molecule has 2 rings (SSSR count). The number of hydrogen-bond acceptors (Lipinski definition) is 3. The maximum atomic E-state index is 12.8. The molecular formula is C19H20FNO3. The topological polar surface area (TPSA) is 47.6 Å². The van der Waals surface area contributed by atoms with Gasteiger partial charge >= 0.3 is 0 Å². The lowest BCUT2D eigenvalue weighted by molar-refractivity contribution is -0.116. The van der Waals surface area contributed by atoms with Crippen molar-refractivity contribution in [2.75, 3.05) is 20.8 Å². The van der Waals surface area contributed by atoms with Gasteiger partial charge in [-0.25, -0.2) is 4.39 Å². The lowest BCUT2D eigenvalue weighted by Gasteiger charge is -2.07. The number of amides is 1. The predicted molar refractivity (Wildman–Crippen MR) is 91.7 cm³/mol. The number of carbonyl (C=O) groups is 1. The fraction of sp³-hybridized carbons (Fsp3) is 0.211. The van der Waals surface area contributed by atoms with E-state index in [2.05, 4.69) is 5.32 Å². The quantitative estimate of drug-likeness (QED) is 0.794. The van der Waals surface area contributed by atoms with Crippen molar-refractivity contribution in [1.29, 1.82) is 0 Å². The minimum Gasteiger partial charge on any atom is -0.493 e. The fourth-order valence-corrected chi connectivity index (χ4v) is 2.17. The standard InChI is InChI=1S/C19H20FNO3/c1-23-17-9-5-15(13-18(17)24-2)6-10-19(22)21-12-11-14-3-7-16(20)8-4-14/h3-10,13H,11-12H2,1-2H3,(H,21,22). The van der Waals surface area contributed by atoms with Crippen molar-refractivity contribution in [2.45, 2.75) is 6.42 Å². The zero-order valence-corrected chi connectivity index (χ0v) is 13.7. The molecule has 1 amide bonds. The maximum Gasteiger partial charge on any atom is 0.244 e. The second-order valence-electron chi connectivity index (χ2n) is 5.12. The lowest BCUT2D eigenvalue weighted by atomic mass is 10.1. The number of rotatable bonds is 7. The average Bonchev–Trinajstić information content (AvgIpc) is 2.61. The van der Waals surface area contributed by atoms with E-state index in [1.807, 2.05) is 6.07 Å². The summed E-state index contributed by atoms with van der Waals surface area (Å²) >= 11 is 0. The molecule has 0 unspecified atom stereocenters. The Labute approximate surface area is 140 Å². The Morgan fingerprint density at radius 2 is 1.79 bits per heavy atom. The summed E-state index contributed by atoms with van der Waals surface area (Å²) in [7, 11) is 3.13. The Morgan fingerprint density at radius 3 is 2.46 bits per heavy atom. The van der Waals surface area contributed by atoms with Crippen LogP contribution < -0.4 is 14.8 Å². The third-order valence-corrected chi connectivity index (χ3v) is 3.46. The monoisotopic (exact) mass is 329 g/mol. The highest BCUT2D eigenvalue weighted by molar-refractivity contribution is 5.91. The number of ether oxygens (including phenoxy) is 2. The fourth-order valence-electron chi connectivity index (χ4n) is 2.17. The molecule has 0 aromatic heterocycles. The van der Waals surface area contributed by atoms with Gasteiger partial charge in [0.15, 0.2) is 11.5 Å². The van der Waals surface area contributed by atoms with Gasteiger partial charge in [0.25, 0.3) is 0 Å². The van der Waals surface area contributed by atoms with Gasteiger partial charge in [-0.1, -0.05) is 18.2 Å². The summed E-state index contributed by atoms with van der Waals surface area (Å²) < 4.78 is 23.2. The second kappa shape index (κ2) is 8.72. The van der Waals surface area contributed by atoms with E-state index in [9.17, 15) is 9.18 Å². The largest absolute Gasteiger partial charge is 0.493 e.